The predicted octanol–water partition coefficient (Wildman–Crippen LogP) is 3.29. The topological polar surface area (TPSA) is 34.9 Å². The van der Waals surface area contributed by atoms with Crippen molar-refractivity contribution < 1.29 is 22.4 Å². The molecule has 106 valence electrons. The van der Waals surface area contributed by atoms with Crippen molar-refractivity contribution >= 4 is 5.78 Å². The molecule has 1 aromatic carbocycles. The van der Waals surface area contributed by atoms with Gasteiger partial charge in [0.1, 0.15) is 11.5 Å². The maximum Gasteiger partial charge on any atom is 0.419 e. The summed E-state index contributed by atoms with van der Waals surface area (Å²) < 4.78 is 52.4. The highest BCUT2D eigenvalue weighted by atomic mass is 19.4. The van der Waals surface area contributed by atoms with Gasteiger partial charge in [-0.15, -0.1) is 0 Å². The van der Waals surface area contributed by atoms with E-state index in [1.807, 2.05) is 0 Å². The number of nitrogens with zero attached hydrogens (tertiary/aromatic N) is 2. The van der Waals surface area contributed by atoms with Crippen LogP contribution < -0.4 is 0 Å². The number of ketones is 1. The van der Waals surface area contributed by atoms with Crippen LogP contribution in [0.15, 0.2) is 30.5 Å². The van der Waals surface area contributed by atoms with Gasteiger partial charge < -0.3 is 0 Å². The van der Waals surface area contributed by atoms with Crippen molar-refractivity contribution in [2.75, 3.05) is 0 Å². The lowest BCUT2D eigenvalue weighted by molar-refractivity contribution is -0.140. The van der Waals surface area contributed by atoms with Crippen LogP contribution in [0.5, 0.6) is 0 Å². The molecule has 1 heterocycles. The third-order valence-corrected chi connectivity index (χ3v) is 2.78. The third-order valence-electron chi connectivity index (χ3n) is 2.78. The SMILES string of the molecule is CCn1nccc1C(=O)c1ccc(F)c(C(F)(F)F)c1. The Morgan fingerprint density at radius 2 is 2.00 bits per heavy atom. The van der Waals surface area contributed by atoms with Crippen LogP contribution in [0.3, 0.4) is 0 Å². The zero-order chi connectivity index (χ0) is 14.9. The van der Waals surface area contributed by atoms with E-state index in [2.05, 4.69) is 5.10 Å². The van der Waals surface area contributed by atoms with Crippen molar-refractivity contribution in [3.8, 4) is 0 Å². The quantitative estimate of drug-likeness (QED) is 0.641. The van der Waals surface area contributed by atoms with E-state index in [0.717, 1.165) is 6.07 Å². The number of rotatable bonds is 3. The zero-order valence-corrected chi connectivity index (χ0v) is 10.4. The standard InChI is InChI=1S/C13H10F4N2O/c1-2-19-11(5-6-18-19)12(20)8-3-4-10(14)9(7-8)13(15,16)17/h3-7H,2H2,1H3. The summed E-state index contributed by atoms with van der Waals surface area (Å²) in [5, 5.41) is 3.87. The second-order valence-electron chi connectivity index (χ2n) is 4.05. The Morgan fingerprint density at radius 1 is 1.30 bits per heavy atom. The minimum absolute atomic E-state index is 0.159. The number of hydrogen-bond donors (Lipinski definition) is 0. The van der Waals surface area contributed by atoms with Gasteiger partial charge in [0.05, 0.1) is 5.56 Å². The number of alkyl halides is 3. The number of halogens is 4. The van der Waals surface area contributed by atoms with Crippen molar-refractivity contribution in [1.82, 2.24) is 9.78 Å². The first kappa shape index (κ1) is 14.2. The highest BCUT2D eigenvalue weighted by Gasteiger charge is 2.34. The summed E-state index contributed by atoms with van der Waals surface area (Å²) in [5.41, 5.74) is -1.52. The number of hydrogen-bond acceptors (Lipinski definition) is 2. The fourth-order valence-electron chi connectivity index (χ4n) is 1.81. The van der Waals surface area contributed by atoms with Crippen LogP contribution in [0.2, 0.25) is 0 Å². The van der Waals surface area contributed by atoms with E-state index in [-0.39, 0.29) is 11.3 Å². The minimum Gasteiger partial charge on any atom is -0.287 e. The van der Waals surface area contributed by atoms with Crippen LogP contribution in [0.25, 0.3) is 0 Å². The first-order chi connectivity index (χ1) is 9.34. The number of carbonyl (C=O) groups excluding carboxylic acids is 1. The molecule has 2 rings (SSSR count). The lowest BCUT2D eigenvalue weighted by Gasteiger charge is -2.10. The molecule has 0 bridgehead atoms. The van der Waals surface area contributed by atoms with E-state index in [9.17, 15) is 22.4 Å². The van der Waals surface area contributed by atoms with Crippen molar-refractivity contribution in [2.24, 2.45) is 0 Å². The van der Waals surface area contributed by atoms with Crippen molar-refractivity contribution in [3.05, 3.63) is 53.1 Å². The van der Waals surface area contributed by atoms with E-state index in [1.54, 1.807) is 6.92 Å². The van der Waals surface area contributed by atoms with Crippen LogP contribution in [-0.4, -0.2) is 15.6 Å². The highest BCUT2D eigenvalue weighted by Crippen LogP contribution is 2.32. The summed E-state index contributed by atoms with van der Waals surface area (Å²) in [6.07, 6.45) is -3.46. The molecule has 0 fully saturated rings. The second kappa shape index (κ2) is 5.07. The molecule has 0 atom stereocenters. The van der Waals surface area contributed by atoms with Gasteiger partial charge in [0.2, 0.25) is 5.78 Å². The molecule has 0 saturated heterocycles. The fourth-order valence-corrected chi connectivity index (χ4v) is 1.81. The normalized spacial score (nSPS) is 11.7. The van der Waals surface area contributed by atoms with E-state index in [4.69, 9.17) is 0 Å². The van der Waals surface area contributed by atoms with Crippen LogP contribution >= 0.6 is 0 Å². The van der Waals surface area contributed by atoms with E-state index in [0.29, 0.717) is 18.7 Å². The average molecular weight is 286 g/mol. The molecular weight excluding hydrogens is 276 g/mol. The lowest BCUT2D eigenvalue weighted by atomic mass is 10.0. The van der Waals surface area contributed by atoms with Crippen molar-refractivity contribution in [1.29, 1.82) is 0 Å². The van der Waals surface area contributed by atoms with Gasteiger partial charge in [0, 0.05) is 18.3 Å². The molecule has 1 aromatic heterocycles. The van der Waals surface area contributed by atoms with Gasteiger partial charge >= 0.3 is 6.18 Å². The second-order valence-corrected chi connectivity index (χ2v) is 4.05. The number of aromatic nitrogens is 2. The van der Waals surface area contributed by atoms with Gasteiger partial charge in [-0.25, -0.2) is 4.39 Å². The summed E-state index contributed by atoms with van der Waals surface area (Å²) >= 11 is 0. The average Bonchev–Trinajstić information content (AvgIpc) is 2.85. The summed E-state index contributed by atoms with van der Waals surface area (Å²) in [4.78, 5) is 12.1. The molecule has 0 N–H and O–H groups in total. The molecule has 20 heavy (non-hydrogen) atoms. The first-order valence-corrected chi connectivity index (χ1v) is 5.78. The highest BCUT2D eigenvalue weighted by molar-refractivity contribution is 6.07. The van der Waals surface area contributed by atoms with Crippen LogP contribution in [0.1, 0.15) is 28.5 Å². The molecule has 0 saturated carbocycles. The first-order valence-electron chi connectivity index (χ1n) is 5.78. The molecule has 0 spiro atoms. The molecule has 0 amide bonds. The van der Waals surface area contributed by atoms with Crippen LogP contribution in [0.4, 0.5) is 17.6 Å². The van der Waals surface area contributed by atoms with Gasteiger partial charge in [-0.3, -0.25) is 9.48 Å². The van der Waals surface area contributed by atoms with Gasteiger partial charge in [-0.1, -0.05) is 0 Å². The maximum absolute atomic E-state index is 13.2. The molecular formula is C13H10F4N2O. The van der Waals surface area contributed by atoms with Gasteiger partial charge in [0.15, 0.2) is 0 Å². The number of benzene rings is 1. The van der Waals surface area contributed by atoms with E-state index < -0.39 is 23.3 Å². The Labute approximate surface area is 111 Å². The molecule has 0 aliphatic carbocycles. The lowest BCUT2D eigenvalue weighted by Crippen LogP contribution is -2.13. The van der Waals surface area contributed by atoms with Crippen LogP contribution in [-0.2, 0) is 12.7 Å². The van der Waals surface area contributed by atoms with Crippen molar-refractivity contribution in [2.45, 2.75) is 19.6 Å². The molecule has 0 radical (unpaired) electrons. The van der Waals surface area contributed by atoms with Gasteiger partial charge in [0.25, 0.3) is 0 Å². The smallest absolute Gasteiger partial charge is 0.287 e. The monoisotopic (exact) mass is 286 g/mol. The number of carbonyl (C=O) groups is 1. The summed E-state index contributed by atoms with van der Waals surface area (Å²) in [5.74, 6) is -2.03. The van der Waals surface area contributed by atoms with Gasteiger partial charge in [-0.2, -0.15) is 18.3 Å². The Balaban J connectivity index is 2.46. The molecule has 0 aliphatic rings. The molecule has 2 aromatic rings. The molecule has 0 aliphatic heterocycles. The Kier molecular flexibility index (Phi) is 3.61. The van der Waals surface area contributed by atoms with Gasteiger partial charge in [-0.05, 0) is 31.2 Å². The van der Waals surface area contributed by atoms with E-state index >= 15 is 0 Å². The predicted molar refractivity (Wildman–Crippen MR) is 62.7 cm³/mol. The minimum atomic E-state index is -4.84. The Bertz CT molecular complexity index is 646. The maximum atomic E-state index is 13.2. The largest absolute Gasteiger partial charge is 0.419 e. The van der Waals surface area contributed by atoms with E-state index in [1.165, 1.54) is 16.9 Å². The third kappa shape index (κ3) is 2.56. The molecule has 0 unspecified atom stereocenters. The Morgan fingerprint density at radius 3 is 2.60 bits per heavy atom. The Hall–Kier alpha value is -2.18. The summed E-state index contributed by atoms with van der Waals surface area (Å²) in [6.45, 7) is 2.15. The van der Waals surface area contributed by atoms with Crippen LogP contribution in [0, 0.1) is 5.82 Å². The number of aryl methyl sites for hydroxylation is 1. The zero-order valence-electron chi connectivity index (χ0n) is 10.4. The molecule has 3 nitrogen and oxygen atoms in total. The molecule has 7 heteroatoms. The fraction of sp³-hybridized carbons (Fsp3) is 0.231. The van der Waals surface area contributed by atoms with Crippen molar-refractivity contribution in [3.63, 3.8) is 0 Å². The summed E-state index contributed by atoms with van der Waals surface area (Å²) in [7, 11) is 0. The summed E-state index contributed by atoms with van der Waals surface area (Å²) in [6, 6.07) is 3.59.